The third kappa shape index (κ3) is 4.99. The van der Waals surface area contributed by atoms with Gasteiger partial charge in [0.05, 0.1) is 16.2 Å². The molecule has 0 aromatic heterocycles. The predicted molar refractivity (Wildman–Crippen MR) is 107 cm³/mol. The van der Waals surface area contributed by atoms with Gasteiger partial charge >= 0.3 is 5.97 Å². The maximum atomic E-state index is 12.6. The number of hydrogen-bond donors (Lipinski definition) is 1. The van der Waals surface area contributed by atoms with Crippen LogP contribution >= 0.6 is 11.8 Å². The van der Waals surface area contributed by atoms with E-state index in [1.165, 1.54) is 23.9 Å². The normalized spacial score (nSPS) is 11.3. The lowest BCUT2D eigenvalue weighted by Crippen LogP contribution is -2.10. The van der Waals surface area contributed by atoms with Crippen LogP contribution < -0.4 is 0 Å². The number of carboxylic acid groups (broad SMARTS) is 1. The van der Waals surface area contributed by atoms with Gasteiger partial charge in [0.25, 0.3) is 0 Å². The summed E-state index contributed by atoms with van der Waals surface area (Å²) in [6, 6.07) is 22.8. The monoisotopic (exact) mass is 398 g/mol. The van der Waals surface area contributed by atoms with Crippen LogP contribution in [0.2, 0.25) is 0 Å². The lowest BCUT2D eigenvalue weighted by Gasteiger charge is -2.10. The molecule has 0 heterocycles. The van der Waals surface area contributed by atoms with Crippen LogP contribution in [0, 0.1) is 0 Å². The summed E-state index contributed by atoms with van der Waals surface area (Å²) in [6.45, 7) is 0. The average Bonchev–Trinajstić information content (AvgIpc) is 2.68. The molecule has 0 saturated heterocycles. The summed E-state index contributed by atoms with van der Waals surface area (Å²) in [5, 5.41) is 9.54. The van der Waals surface area contributed by atoms with Gasteiger partial charge in [0.1, 0.15) is 0 Å². The van der Waals surface area contributed by atoms with E-state index < -0.39 is 15.8 Å². The van der Waals surface area contributed by atoms with Gasteiger partial charge in [0, 0.05) is 10.6 Å². The summed E-state index contributed by atoms with van der Waals surface area (Å²) < 4.78 is 25.1. The Balaban J connectivity index is 1.83. The molecule has 27 heavy (non-hydrogen) atoms. The molecule has 0 unspecified atom stereocenters. The largest absolute Gasteiger partial charge is 0.478 e. The van der Waals surface area contributed by atoms with Crippen molar-refractivity contribution in [3.8, 4) is 0 Å². The minimum atomic E-state index is -3.61. The second-order valence-electron chi connectivity index (χ2n) is 5.97. The Morgan fingerprint density at radius 3 is 2.15 bits per heavy atom. The molecule has 0 fully saturated rings. The van der Waals surface area contributed by atoms with Gasteiger partial charge in [0.15, 0.2) is 9.84 Å². The van der Waals surface area contributed by atoms with Crippen molar-refractivity contribution in [3.05, 3.63) is 95.6 Å². The highest BCUT2D eigenvalue weighted by Gasteiger charge is 2.20. The summed E-state index contributed by atoms with van der Waals surface area (Å²) in [5.74, 6) is -0.764. The molecule has 4 nitrogen and oxygen atoms in total. The number of sulfone groups is 1. The molecule has 0 amide bonds. The van der Waals surface area contributed by atoms with Gasteiger partial charge in [-0.15, -0.1) is 11.8 Å². The van der Waals surface area contributed by atoms with Gasteiger partial charge < -0.3 is 5.11 Å². The molecule has 0 bridgehead atoms. The number of rotatable bonds is 7. The molecule has 0 atom stereocenters. The second kappa shape index (κ2) is 8.41. The van der Waals surface area contributed by atoms with Crippen LogP contribution in [0.5, 0.6) is 0 Å². The number of hydrogen-bond acceptors (Lipinski definition) is 4. The highest BCUT2D eigenvalue weighted by atomic mass is 32.2. The van der Waals surface area contributed by atoms with Crippen molar-refractivity contribution in [1.82, 2.24) is 0 Å². The minimum absolute atomic E-state index is 0.0209. The van der Waals surface area contributed by atoms with Crippen molar-refractivity contribution in [2.24, 2.45) is 0 Å². The molecule has 0 aliphatic rings. The first kappa shape index (κ1) is 19.2. The number of carbonyl (C=O) groups is 1. The smallest absolute Gasteiger partial charge is 0.336 e. The van der Waals surface area contributed by atoms with E-state index in [2.05, 4.69) is 0 Å². The first-order chi connectivity index (χ1) is 13.0. The van der Waals surface area contributed by atoms with E-state index in [4.69, 9.17) is 0 Å². The molecular formula is C21H18O4S2. The Labute approximate surface area is 162 Å². The van der Waals surface area contributed by atoms with Crippen LogP contribution in [0.15, 0.2) is 88.7 Å². The molecular weight excluding hydrogens is 380 g/mol. The van der Waals surface area contributed by atoms with E-state index in [0.29, 0.717) is 5.75 Å². The van der Waals surface area contributed by atoms with Crippen molar-refractivity contribution in [1.29, 1.82) is 0 Å². The van der Waals surface area contributed by atoms with Gasteiger partial charge in [-0.1, -0.05) is 54.6 Å². The highest BCUT2D eigenvalue weighted by molar-refractivity contribution is 7.98. The molecule has 0 spiro atoms. The molecule has 0 saturated carbocycles. The fourth-order valence-corrected chi connectivity index (χ4v) is 4.92. The van der Waals surface area contributed by atoms with E-state index >= 15 is 0 Å². The average molecular weight is 399 g/mol. The summed E-state index contributed by atoms with van der Waals surface area (Å²) in [5.41, 5.74) is 1.44. The Kier molecular flexibility index (Phi) is 5.98. The second-order valence-corrected chi connectivity index (χ2v) is 9.01. The molecule has 3 rings (SSSR count). The summed E-state index contributed by atoms with van der Waals surface area (Å²) >= 11 is 1.52. The number of thioether (sulfide) groups is 1. The number of carboxylic acids is 1. The van der Waals surface area contributed by atoms with Crippen LogP contribution in [0.1, 0.15) is 21.5 Å². The molecule has 3 aromatic rings. The van der Waals surface area contributed by atoms with Crippen LogP contribution in [0.25, 0.3) is 0 Å². The fraction of sp³-hybridized carbons (Fsp3) is 0.0952. The van der Waals surface area contributed by atoms with Gasteiger partial charge in [0.2, 0.25) is 0 Å². The third-order valence-corrected chi connectivity index (χ3v) is 6.75. The topological polar surface area (TPSA) is 71.4 Å². The lowest BCUT2D eigenvalue weighted by atomic mass is 10.1. The maximum Gasteiger partial charge on any atom is 0.336 e. The van der Waals surface area contributed by atoms with Crippen LogP contribution in [0.3, 0.4) is 0 Å². The van der Waals surface area contributed by atoms with Crippen molar-refractivity contribution in [2.75, 3.05) is 0 Å². The van der Waals surface area contributed by atoms with Crippen molar-refractivity contribution in [3.63, 3.8) is 0 Å². The van der Waals surface area contributed by atoms with E-state index in [-0.39, 0.29) is 21.8 Å². The third-order valence-electron chi connectivity index (χ3n) is 4.01. The molecule has 138 valence electrons. The van der Waals surface area contributed by atoms with Crippen LogP contribution in [-0.4, -0.2) is 19.5 Å². The van der Waals surface area contributed by atoms with Crippen LogP contribution in [-0.2, 0) is 21.3 Å². The zero-order valence-corrected chi connectivity index (χ0v) is 16.0. The molecule has 1 N–H and O–H groups in total. The Hall–Kier alpha value is -2.57. The van der Waals surface area contributed by atoms with Gasteiger partial charge in [-0.3, -0.25) is 0 Å². The van der Waals surface area contributed by atoms with Gasteiger partial charge in [-0.05, 0) is 35.4 Å². The Bertz CT molecular complexity index is 1030. The Morgan fingerprint density at radius 2 is 1.52 bits per heavy atom. The van der Waals surface area contributed by atoms with Crippen molar-refractivity contribution >= 4 is 27.6 Å². The molecule has 0 aliphatic heterocycles. The Morgan fingerprint density at radius 1 is 0.889 bits per heavy atom. The zero-order valence-electron chi connectivity index (χ0n) is 14.4. The van der Waals surface area contributed by atoms with Gasteiger partial charge in [-0.2, -0.15) is 0 Å². The van der Waals surface area contributed by atoms with Crippen LogP contribution in [0.4, 0.5) is 0 Å². The van der Waals surface area contributed by atoms with Crippen molar-refractivity contribution < 1.29 is 18.3 Å². The molecule has 0 radical (unpaired) electrons. The standard InChI is InChI=1S/C21H18O4S2/c22-21(23)20-13-18(26-14-16-7-3-1-4-8-16)12-11-17(20)15-27(24,25)19-9-5-2-6-10-19/h1-13H,14-15H2,(H,22,23). The molecule has 3 aromatic carbocycles. The quantitative estimate of drug-likeness (QED) is 0.587. The van der Waals surface area contributed by atoms with E-state index in [1.54, 1.807) is 36.4 Å². The van der Waals surface area contributed by atoms with E-state index in [9.17, 15) is 18.3 Å². The maximum absolute atomic E-state index is 12.6. The highest BCUT2D eigenvalue weighted by Crippen LogP contribution is 2.27. The minimum Gasteiger partial charge on any atom is -0.478 e. The predicted octanol–water partition coefficient (Wildman–Crippen LogP) is 4.65. The first-order valence-corrected chi connectivity index (χ1v) is 10.9. The van der Waals surface area contributed by atoms with E-state index in [1.807, 2.05) is 30.3 Å². The summed E-state index contributed by atoms with van der Waals surface area (Å²) in [7, 11) is -3.61. The lowest BCUT2D eigenvalue weighted by molar-refractivity contribution is 0.0695. The summed E-state index contributed by atoms with van der Waals surface area (Å²) in [4.78, 5) is 12.6. The number of benzene rings is 3. The van der Waals surface area contributed by atoms with E-state index in [0.717, 1.165) is 10.5 Å². The SMILES string of the molecule is O=C(O)c1cc(SCc2ccccc2)ccc1CS(=O)(=O)c1ccccc1. The summed E-state index contributed by atoms with van der Waals surface area (Å²) in [6.07, 6.45) is 0. The number of aromatic carboxylic acids is 1. The van der Waals surface area contributed by atoms with Gasteiger partial charge in [-0.25, -0.2) is 13.2 Å². The van der Waals surface area contributed by atoms with Crippen molar-refractivity contribution in [2.45, 2.75) is 21.3 Å². The molecule has 6 heteroatoms. The first-order valence-electron chi connectivity index (χ1n) is 8.26. The molecule has 0 aliphatic carbocycles. The fourth-order valence-electron chi connectivity index (χ4n) is 2.63. The zero-order chi connectivity index (χ0) is 19.3.